The number of hydrogen-bond acceptors (Lipinski definition) is 2. The maximum absolute atomic E-state index is 9.56. The summed E-state index contributed by atoms with van der Waals surface area (Å²) in [5.41, 5.74) is 3.10. The average molecular weight is 335 g/mol. The summed E-state index contributed by atoms with van der Waals surface area (Å²) in [6, 6.07) is 16.3. The smallest absolute Gasteiger partial charge is 0.133 e. The van der Waals surface area contributed by atoms with Gasteiger partial charge in [-0.2, -0.15) is 0 Å². The summed E-state index contributed by atoms with van der Waals surface area (Å²) < 4.78 is 0.532. The summed E-state index contributed by atoms with van der Waals surface area (Å²) in [5.74, 6) is 0. The molecule has 0 heterocycles. The lowest BCUT2D eigenvalue weighted by Crippen LogP contribution is -2.57. The van der Waals surface area contributed by atoms with Crippen LogP contribution in [-0.4, -0.2) is 42.6 Å². The van der Waals surface area contributed by atoms with Crippen molar-refractivity contribution in [3.8, 4) is 11.1 Å². The van der Waals surface area contributed by atoms with Gasteiger partial charge in [-0.05, 0) is 25.5 Å². The highest BCUT2D eigenvalue weighted by molar-refractivity contribution is 6.33. The number of aliphatic hydroxyl groups is 2. The van der Waals surface area contributed by atoms with Crippen LogP contribution >= 0.6 is 11.6 Å². The lowest BCUT2D eigenvalue weighted by molar-refractivity contribution is 0.138. The summed E-state index contributed by atoms with van der Waals surface area (Å²) in [6.45, 7) is 5.50. The van der Waals surface area contributed by atoms with Crippen LogP contribution in [0.15, 0.2) is 48.5 Å². The Bertz CT molecular complexity index is 623. The van der Waals surface area contributed by atoms with Crippen LogP contribution in [0.1, 0.15) is 13.8 Å². The zero-order valence-corrected chi connectivity index (χ0v) is 14.5. The molecular weight excluding hydrogens is 310 g/mol. The van der Waals surface area contributed by atoms with Gasteiger partial charge in [0.1, 0.15) is 18.8 Å². The van der Waals surface area contributed by atoms with E-state index >= 15 is 0 Å². The first kappa shape index (κ1) is 18.0. The third-order valence-corrected chi connectivity index (χ3v) is 4.87. The molecule has 2 rings (SSSR count). The van der Waals surface area contributed by atoms with Crippen molar-refractivity contribution in [2.45, 2.75) is 19.9 Å². The van der Waals surface area contributed by atoms with Crippen molar-refractivity contribution in [2.75, 3.05) is 26.3 Å². The van der Waals surface area contributed by atoms with Gasteiger partial charge in [-0.15, -0.1) is 0 Å². The van der Waals surface area contributed by atoms with Crippen LogP contribution in [0.25, 0.3) is 11.1 Å². The van der Waals surface area contributed by atoms with Gasteiger partial charge in [0.25, 0.3) is 0 Å². The average Bonchev–Trinajstić information content (AvgIpc) is 2.55. The van der Waals surface area contributed by atoms with Crippen LogP contribution in [0, 0.1) is 0 Å². The van der Waals surface area contributed by atoms with E-state index in [-0.39, 0.29) is 19.3 Å². The molecule has 0 aliphatic heterocycles. The van der Waals surface area contributed by atoms with Gasteiger partial charge in [-0.25, -0.2) is 0 Å². The van der Waals surface area contributed by atoms with Crippen molar-refractivity contribution in [2.24, 2.45) is 0 Å². The molecule has 124 valence electrons. The number of rotatable bonds is 7. The Morgan fingerprint density at radius 3 is 2.09 bits per heavy atom. The van der Waals surface area contributed by atoms with Crippen LogP contribution in [0.2, 0.25) is 5.02 Å². The zero-order chi connectivity index (χ0) is 16.9. The van der Waals surface area contributed by atoms with Gasteiger partial charge in [0.15, 0.2) is 0 Å². The van der Waals surface area contributed by atoms with Crippen molar-refractivity contribution in [1.82, 2.24) is 4.48 Å². The number of hydrogen-bond donors (Lipinski definition) is 2. The molecule has 0 radical (unpaired) electrons. The lowest BCUT2D eigenvalue weighted by Gasteiger charge is -2.41. The summed E-state index contributed by atoms with van der Waals surface area (Å²) in [4.78, 5) is 0. The molecule has 0 saturated carbocycles. The number of halogens is 1. The third-order valence-electron chi connectivity index (χ3n) is 4.54. The second-order valence-electron chi connectivity index (χ2n) is 6.05. The minimum atomic E-state index is 0.0709. The third kappa shape index (κ3) is 3.75. The van der Waals surface area contributed by atoms with Crippen LogP contribution in [0.4, 0.5) is 5.69 Å². The minimum Gasteiger partial charge on any atom is -0.390 e. The highest BCUT2D eigenvalue weighted by Crippen LogP contribution is 2.35. The molecule has 0 unspecified atom stereocenters. The van der Waals surface area contributed by atoms with E-state index in [1.807, 2.05) is 42.5 Å². The maximum atomic E-state index is 9.56. The summed E-state index contributed by atoms with van der Waals surface area (Å²) in [6.07, 6.45) is 0. The molecule has 2 aromatic rings. The Balaban J connectivity index is 2.57. The second-order valence-corrected chi connectivity index (χ2v) is 6.46. The Morgan fingerprint density at radius 2 is 1.57 bits per heavy atom. The monoisotopic (exact) mass is 334 g/mol. The molecule has 0 amide bonds. The molecule has 2 N–H and O–H groups in total. The SMILES string of the molecule is CC(C)[N+](CCO)(CCO)c1ccc(Cl)c(-c2ccccc2)c1. The Hall–Kier alpha value is -1.39. The van der Waals surface area contributed by atoms with Crippen molar-refractivity contribution in [3.63, 3.8) is 0 Å². The van der Waals surface area contributed by atoms with E-state index < -0.39 is 0 Å². The first-order chi connectivity index (χ1) is 11.0. The largest absolute Gasteiger partial charge is 0.390 e. The Morgan fingerprint density at radius 1 is 0.957 bits per heavy atom. The van der Waals surface area contributed by atoms with Gasteiger partial charge >= 0.3 is 0 Å². The van der Waals surface area contributed by atoms with E-state index in [4.69, 9.17) is 11.6 Å². The minimum absolute atomic E-state index is 0.0709. The fraction of sp³-hybridized carbons (Fsp3) is 0.368. The van der Waals surface area contributed by atoms with E-state index in [9.17, 15) is 10.2 Å². The van der Waals surface area contributed by atoms with Crippen LogP contribution in [0.5, 0.6) is 0 Å². The molecular formula is C19H25ClNO2+. The molecule has 23 heavy (non-hydrogen) atoms. The van der Waals surface area contributed by atoms with Gasteiger partial charge in [0.2, 0.25) is 0 Å². The molecule has 3 nitrogen and oxygen atoms in total. The van der Waals surface area contributed by atoms with Gasteiger partial charge < -0.3 is 10.2 Å². The van der Waals surface area contributed by atoms with Gasteiger partial charge in [-0.3, -0.25) is 4.48 Å². The standard InChI is InChI=1S/C19H25ClNO2/c1-15(2)21(10-12-22,11-13-23)17-8-9-19(20)18(14-17)16-6-4-3-5-7-16/h3-9,14-15,22-23H,10-13H2,1-2H3/q+1. The molecule has 0 atom stereocenters. The molecule has 2 aromatic carbocycles. The predicted molar refractivity (Wildman–Crippen MR) is 97.7 cm³/mol. The number of nitrogens with zero attached hydrogens (tertiary/aromatic N) is 1. The van der Waals surface area contributed by atoms with Crippen LogP contribution < -0.4 is 4.48 Å². The fourth-order valence-corrected chi connectivity index (χ4v) is 3.40. The van der Waals surface area contributed by atoms with Crippen LogP contribution in [-0.2, 0) is 0 Å². The number of benzene rings is 2. The summed E-state index contributed by atoms with van der Waals surface area (Å²) in [5, 5.41) is 19.8. The molecule has 0 saturated heterocycles. The van der Waals surface area contributed by atoms with Crippen molar-refractivity contribution in [3.05, 3.63) is 53.6 Å². The van der Waals surface area contributed by atoms with Gasteiger partial charge in [-0.1, -0.05) is 41.9 Å². The van der Waals surface area contributed by atoms with Crippen molar-refractivity contribution in [1.29, 1.82) is 0 Å². The molecule has 0 aliphatic carbocycles. The normalized spacial score (nSPS) is 11.9. The quantitative estimate of drug-likeness (QED) is 0.758. The first-order valence-corrected chi connectivity index (χ1v) is 8.37. The topological polar surface area (TPSA) is 40.5 Å². The molecule has 0 fully saturated rings. The Labute approximate surface area is 143 Å². The van der Waals surface area contributed by atoms with E-state index in [0.717, 1.165) is 16.8 Å². The van der Waals surface area contributed by atoms with Crippen molar-refractivity contribution >= 4 is 17.3 Å². The lowest BCUT2D eigenvalue weighted by atomic mass is 10.0. The molecule has 0 bridgehead atoms. The first-order valence-electron chi connectivity index (χ1n) is 7.99. The van der Waals surface area contributed by atoms with E-state index in [1.165, 1.54) is 0 Å². The molecule has 0 spiro atoms. The molecule has 0 aliphatic rings. The van der Waals surface area contributed by atoms with E-state index in [2.05, 4.69) is 19.9 Å². The van der Waals surface area contributed by atoms with Gasteiger partial charge in [0.05, 0.1) is 19.3 Å². The molecule has 0 aromatic heterocycles. The molecule has 4 heteroatoms. The Kier molecular flexibility index (Phi) is 6.19. The van der Waals surface area contributed by atoms with E-state index in [0.29, 0.717) is 22.6 Å². The van der Waals surface area contributed by atoms with Gasteiger partial charge in [0, 0.05) is 22.7 Å². The highest BCUT2D eigenvalue weighted by Gasteiger charge is 2.33. The highest BCUT2D eigenvalue weighted by atomic mass is 35.5. The van der Waals surface area contributed by atoms with Crippen LogP contribution in [0.3, 0.4) is 0 Å². The zero-order valence-electron chi connectivity index (χ0n) is 13.7. The fourth-order valence-electron chi connectivity index (χ4n) is 3.17. The summed E-state index contributed by atoms with van der Waals surface area (Å²) in [7, 11) is 0. The summed E-state index contributed by atoms with van der Waals surface area (Å²) >= 11 is 6.41. The second kappa shape index (κ2) is 7.93. The number of aliphatic hydroxyl groups excluding tert-OH is 2. The maximum Gasteiger partial charge on any atom is 0.133 e. The number of quaternary nitrogens is 1. The predicted octanol–water partition coefficient (Wildman–Crippen LogP) is 3.71. The van der Waals surface area contributed by atoms with Crippen molar-refractivity contribution < 1.29 is 10.2 Å². The van der Waals surface area contributed by atoms with E-state index in [1.54, 1.807) is 0 Å².